The second-order valence-corrected chi connectivity index (χ2v) is 9.95. The van der Waals surface area contributed by atoms with Crippen molar-refractivity contribution in [1.29, 1.82) is 0 Å². The third-order valence-corrected chi connectivity index (χ3v) is 7.39. The highest BCUT2D eigenvalue weighted by atomic mass is 16.6. The molecule has 2 aliphatic carbocycles. The fourth-order valence-electron chi connectivity index (χ4n) is 4.73. The van der Waals surface area contributed by atoms with Gasteiger partial charge in [-0.15, -0.1) is 0 Å². The zero-order chi connectivity index (χ0) is 22.0. The molecule has 0 spiro atoms. The lowest BCUT2D eigenvalue weighted by Crippen LogP contribution is -2.32. The van der Waals surface area contributed by atoms with Crippen LogP contribution in [0.3, 0.4) is 0 Å². The first kappa shape index (κ1) is 25.2. The summed E-state index contributed by atoms with van der Waals surface area (Å²) in [6.45, 7) is 8.91. The normalized spacial score (nSPS) is 24.3. The van der Waals surface area contributed by atoms with Crippen molar-refractivity contribution in [3.8, 4) is 0 Å². The molecular weight excluding hydrogens is 380 g/mol. The highest BCUT2D eigenvalue weighted by Crippen LogP contribution is 2.34. The van der Waals surface area contributed by atoms with Gasteiger partial charge in [0, 0.05) is 6.61 Å². The van der Waals surface area contributed by atoms with Gasteiger partial charge in [0.15, 0.2) is 0 Å². The van der Waals surface area contributed by atoms with Gasteiger partial charge in [0.1, 0.15) is 13.2 Å². The molecule has 2 fully saturated rings. The van der Waals surface area contributed by atoms with E-state index in [0.29, 0.717) is 17.9 Å². The molecule has 0 bridgehead atoms. The first-order valence-electron chi connectivity index (χ1n) is 12.3. The van der Waals surface area contributed by atoms with E-state index in [1.807, 2.05) is 20.8 Å². The van der Waals surface area contributed by atoms with E-state index >= 15 is 0 Å². The molecule has 0 aliphatic heterocycles. The molecule has 0 N–H and O–H groups in total. The van der Waals surface area contributed by atoms with Crippen molar-refractivity contribution in [3.05, 3.63) is 0 Å². The van der Waals surface area contributed by atoms with Gasteiger partial charge < -0.3 is 14.2 Å². The van der Waals surface area contributed by atoms with Crippen LogP contribution in [0.15, 0.2) is 0 Å². The SMILES string of the molecule is CCC(C)(C)C(=O)OCCOC(=O)C1CCCCC1CCOC(C)C1CCCCC1. The van der Waals surface area contributed by atoms with Gasteiger partial charge in [-0.1, -0.05) is 39.0 Å². The summed E-state index contributed by atoms with van der Waals surface area (Å²) in [5.41, 5.74) is -0.493. The number of hydrogen-bond acceptors (Lipinski definition) is 5. The molecule has 0 radical (unpaired) electrons. The quantitative estimate of drug-likeness (QED) is 0.315. The van der Waals surface area contributed by atoms with Crippen LogP contribution >= 0.6 is 0 Å². The summed E-state index contributed by atoms with van der Waals surface area (Å²) in [7, 11) is 0. The maximum absolute atomic E-state index is 12.6. The first-order valence-corrected chi connectivity index (χ1v) is 12.3. The molecule has 0 heterocycles. The van der Waals surface area contributed by atoms with Crippen molar-refractivity contribution >= 4 is 11.9 Å². The Balaban J connectivity index is 1.69. The zero-order valence-electron chi connectivity index (χ0n) is 19.8. The predicted molar refractivity (Wildman–Crippen MR) is 118 cm³/mol. The minimum absolute atomic E-state index is 0.0462. The largest absolute Gasteiger partial charge is 0.462 e. The molecule has 0 saturated heterocycles. The molecule has 0 aromatic rings. The van der Waals surface area contributed by atoms with Crippen LogP contribution < -0.4 is 0 Å². The highest BCUT2D eigenvalue weighted by molar-refractivity contribution is 5.76. The van der Waals surface area contributed by atoms with Crippen molar-refractivity contribution in [1.82, 2.24) is 0 Å². The third kappa shape index (κ3) is 7.86. The Morgan fingerprint density at radius 1 is 0.900 bits per heavy atom. The van der Waals surface area contributed by atoms with Crippen LogP contribution in [0, 0.1) is 23.2 Å². The van der Waals surface area contributed by atoms with Crippen LogP contribution in [0.25, 0.3) is 0 Å². The molecular formula is C25H44O5. The molecule has 2 saturated carbocycles. The highest BCUT2D eigenvalue weighted by Gasteiger charge is 2.32. The first-order chi connectivity index (χ1) is 14.3. The van der Waals surface area contributed by atoms with Crippen LogP contribution in [0.1, 0.15) is 98.3 Å². The Morgan fingerprint density at radius 2 is 1.53 bits per heavy atom. The van der Waals surface area contributed by atoms with Gasteiger partial charge in [0.25, 0.3) is 0 Å². The van der Waals surface area contributed by atoms with Crippen molar-refractivity contribution < 1.29 is 23.8 Å². The predicted octanol–water partition coefficient (Wildman–Crippen LogP) is 5.69. The van der Waals surface area contributed by atoms with Crippen LogP contribution in [-0.4, -0.2) is 37.9 Å². The third-order valence-electron chi connectivity index (χ3n) is 7.39. The summed E-state index contributed by atoms with van der Waals surface area (Å²) in [5.74, 6) is 0.624. The molecule has 3 atom stereocenters. The molecule has 174 valence electrons. The smallest absolute Gasteiger partial charge is 0.311 e. The average molecular weight is 425 g/mol. The van der Waals surface area contributed by atoms with Crippen LogP contribution in [0.4, 0.5) is 0 Å². The standard InChI is InChI=1S/C25H44O5/c1-5-25(3,4)24(27)30-18-17-29-23(26)22-14-10-9-13-21(22)15-16-28-19(2)20-11-7-6-8-12-20/h19-22H,5-18H2,1-4H3. The molecule has 0 amide bonds. The average Bonchev–Trinajstić information content (AvgIpc) is 2.77. The molecule has 30 heavy (non-hydrogen) atoms. The van der Waals surface area contributed by atoms with Gasteiger partial charge >= 0.3 is 11.9 Å². The van der Waals surface area contributed by atoms with E-state index in [2.05, 4.69) is 6.92 Å². The number of rotatable bonds is 11. The Kier molecular flexibility index (Phi) is 10.6. The summed E-state index contributed by atoms with van der Waals surface area (Å²) in [6.07, 6.45) is 12.8. The summed E-state index contributed by atoms with van der Waals surface area (Å²) in [6, 6.07) is 0. The van der Waals surface area contributed by atoms with E-state index in [1.165, 1.54) is 38.5 Å². The lowest BCUT2D eigenvalue weighted by Gasteiger charge is -2.31. The molecule has 0 aromatic heterocycles. The van der Waals surface area contributed by atoms with Crippen LogP contribution in [0.5, 0.6) is 0 Å². The Morgan fingerprint density at radius 3 is 2.23 bits per heavy atom. The van der Waals surface area contributed by atoms with Crippen molar-refractivity contribution in [3.63, 3.8) is 0 Å². The summed E-state index contributed by atoms with van der Waals surface area (Å²) >= 11 is 0. The van der Waals surface area contributed by atoms with E-state index in [4.69, 9.17) is 14.2 Å². The van der Waals surface area contributed by atoms with Gasteiger partial charge in [-0.2, -0.15) is 0 Å². The molecule has 0 aromatic carbocycles. The number of carbonyl (C=O) groups excluding carboxylic acids is 2. The topological polar surface area (TPSA) is 61.8 Å². The van der Waals surface area contributed by atoms with Gasteiger partial charge in [-0.05, 0) is 71.1 Å². The number of ether oxygens (including phenoxy) is 3. The maximum Gasteiger partial charge on any atom is 0.311 e. The summed E-state index contributed by atoms with van der Waals surface area (Å²) in [4.78, 5) is 24.7. The lowest BCUT2D eigenvalue weighted by molar-refractivity contribution is -0.162. The van der Waals surface area contributed by atoms with Crippen molar-refractivity contribution in [2.45, 2.75) is 104 Å². The van der Waals surface area contributed by atoms with E-state index in [0.717, 1.165) is 38.7 Å². The van der Waals surface area contributed by atoms with E-state index in [9.17, 15) is 9.59 Å². The molecule has 5 heteroatoms. The van der Waals surface area contributed by atoms with E-state index in [1.54, 1.807) is 0 Å². The van der Waals surface area contributed by atoms with Gasteiger partial charge in [-0.3, -0.25) is 9.59 Å². The molecule has 2 rings (SSSR count). The second kappa shape index (κ2) is 12.7. The fraction of sp³-hybridized carbons (Fsp3) is 0.920. The van der Waals surface area contributed by atoms with E-state index < -0.39 is 5.41 Å². The molecule has 3 unspecified atom stereocenters. The monoisotopic (exact) mass is 424 g/mol. The number of carbonyl (C=O) groups is 2. The van der Waals surface area contributed by atoms with Crippen molar-refractivity contribution in [2.75, 3.05) is 19.8 Å². The summed E-state index contributed by atoms with van der Waals surface area (Å²) < 4.78 is 16.9. The Bertz CT molecular complexity index is 524. The lowest BCUT2D eigenvalue weighted by atomic mass is 9.77. The Labute approximate surface area is 183 Å². The minimum Gasteiger partial charge on any atom is -0.462 e. The fourth-order valence-corrected chi connectivity index (χ4v) is 4.73. The zero-order valence-corrected chi connectivity index (χ0v) is 19.8. The second-order valence-electron chi connectivity index (χ2n) is 9.95. The van der Waals surface area contributed by atoms with Gasteiger partial charge in [-0.25, -0.2) is 0 Å². The summed E-state index contributed by atoms with van der Waals surface area (Å²) in [5, 5.41) is 0. The van der Waals surface area contributed by atoms with Crippen molar-refractivity contribution in [2.24, 2.45) is 23.2 Å². The molecule has 2 aliphatic rings. The Hall–Kier alpha value is -1.10. The number of hydrogen-bond donors (Lipinski definition) is 0. The molecule has 5 nitrogen and oxygen atoms in total. The van der Waals surface area contributed by atoms with Gasteiger partial charge in [0.05, 0.1) is 17.4 Å². The van der Waals surface area contributed by atoms with Gasteiger partial charge in [0.2, 0.25) is 0 Å². The van der Waals surface area contributed by atoms with Crippen LogP contribution in [-0.2, 0) is 23.8 Å². The number of esters is 2. The maximum atomic E-state index is 12.6. The minimum atomic E-state index is -0.493. The van der Waals surface area contributed by atoms with Crippen LogP contribution in [0.2, 0.25) is 0 Å². The van der Waals surface area contributed by atoms with E-state index in [-0.39, 0.29) is 31.1 Å².